The quantitative estimate of drug-likeness (QED) is 0.720. The van der Waals surface area contributed by atoms with E-state index in [9.17, 15) is 9.59 Å². The highest BCUT2D eigenvalue weighted by atomic mass is 16.5. The van der Waals surface area contributed by atoms with Crippen molar-refractivity contribution < 1.29 is 19.1 Å². The minimum Gasteiger partial charge on any atom is -0.493 e. The number of hydrogen-bond acceptors (Lipinski definition) is 4. The number of benzene rings is 2. The zero-order valence-corrected chi connectivity index (χ0v) is 14.9. The Morgan fingerprint density at radius 3 is 2.46 bits per heavy atom. The highest BCUT2D eigenvalue weighted by Gasteiger charge is 2.26. The van der Waals surface area contributed by atoms with E-state index in [2.05, 4.69) is 0 Å². The van der Waals surface area contributed by atoms with E-state index < -0.39 is 0 Å². The van der Waals surface area contributed by atoms with Crippen molar-refractivity contribution in [3.63, 3.8) is 0 Å². The molecule has 0 saturated heterocycles. The molecule has 0 N–H and O–H groups in total. The van der Waals surface area contributed by atoms with Gasteiger partial charge in [0, 0.05) is 23.8 Å². The van der Waals surface area contributed by atoms with Crippen LogP contribution in [-0.4, -0.2) is 43.9 Å². The highest BCUT2D eigenvalue weighted by molar-refractivity contribution is 6.14. The van der Waals surface area contributed by atoms with Gasteiger partial charge in [-0.1, -0.05) is 36.4 Å². The number of carbonyl (C=O) groups excluding carboxylic acids is 2. The van der Waals surface area contributed by atoms with E-state index in [-0.39, 0.29) is 11.7 Å². The van der Waals surface area contributed by atoms with Gasteiger partial charge < -0.3 is 14.4 Å². The van der Waals surface area contributed by atoms with Crippen molar-refractivity contribution in [1.82, 2.24) is 4.90 Å². The van der Waals surface area contributed by atoms with Crippen molar-refractivity contribution in [2.75, 3.05) is 27.3 Å². The molecule has 5 heteroatoms. The molecule has 0 radical (unpaired) electrons. The van der Waals surface area contributed by atoms with Crippen molar-refractivity contribution in [2.24, 2.45) is 0 Å². The van der Waals surface area contributed by atoms with Crippen LogP contribution in [0, 0.1) is 0 Å². The second-order valence-electron chi connectivity index (χ2n) is 6.06. The van der Waals surface area contributed by atoms with E-state index >= 15 is 0 Å². The Labute approximate surface area is 152 Å². The van der Waals surface area contributed by atoms with Gasteiger partial charge in [0.1, 0.15) is 0 Å². The minimum atomic E-state index is -0.121. The molecule has 0 spiro atoms. The molecule has 2 aromatic carbocycles. The fourth-order valence-electron chi connectivity index (χ4n) is 2.97. The number of rotatable bonds is 7. The first-order valence-electron chi connectivity index (χ1n) is 8.42. The summed E-state index contributed by atoms with van der Waals surface area (Å²) >= 11 is 0. The second-order valence-corrected chi connectivity index (χ2v) is 6.06. The molecule has 0 aliphatic carbocycles. The van der Waals surface area contributed by atoms with Crippen molar-refractivity contribution in [3.05, 3.63) is 71.3 Å². The maximum atomic E-state index is 12.5. The number of ether oxygens (including phenoxy) is 2. The van der Waals surface area contributed by atoms with E-state index in [0.29, 0.717) is 42.1 Å². The fraction of sp³-hybridized carbons (Fsp3) is 0.238. The minimum absolute atomic E-state index is 0.0902. The number of nitrogens with zero attached hydrogens (tertiary/aromatic N) is 1. The number of amides is 1. The van der Waals surface area contributed by atoms with Crippen molar-refractivity contribution in [3.8, 4) is 11.5 Å². The average Bonchev–Trinajstić information content (AvgIpc) is 3.06. The Hall–Kier alpha value is -3.08. The molecule has 2 aromatic rings. The third-order valence-corrected chi connectivity index (χ3v) is 4.42. The monoisotopic (exact) mass is 351 g/mol. The van der Waals surface area contributed by atoms with Gasteiger partial charge in [0.15, 0.2) is 17.3 Å². The van der Waals surface area contributed by atoms with Crippen LogP contribution in [0.1, 0.15) is 15.9 Å². The van der Waals surface area contributed by atoms with Gasteiger partial charge >= 0.3 is 0 Å². The van der Waals surface area contributed by atoms with Crippen LogP contribution < -0.4 is 9.47 Å². The summed E-state index contributed by atoms with van der Waals surface area (Å²) in [5.41, 5.74) is 2.18. The van der Waals surface area contributed by atoms with Gasteiger partial charge in [-0.25, -0.2) is 0 Å². The molecule has 0 aromatic heterocycles. The summed E-state index contributed by atoms with van der Waals surface area (Å²) in [6.45, 7) is 0.885. The molecule has 5 nitrogen and oxygen atoms in total. The van der Waals surface area contributed by atoms with Crippen LogP contribution in [0.4, 0.5) is 0 Å². The summed E-state index contributed by atoms with van der Waals surface area (Å²) in [6, 6.07) is 14.7. The lowest BCUT2D eigenvalue weighted by Gasteiger charge is -2.17. The third-order valence-electron chi connectivity index (χ3n) is 4.42. The van der Waals surface area contributed by atoms with Crippen LogP contribution in [0.25, 0.3) is 0 Å². The van der Waals surface area contributed by atoms with Gasteiger partial charge in [-0.15, -0.1) is 0 Å². The predicted molar refractivity (Wildman–Crippen MR) is 98.7 cm³/mol. The molecule has 1 aliphatic rings. The summed E-state index contributed by atoms with van der Waals surface area (Å²) in [4.78, 5) is 26.4. The predicted octanol–water partition coefficient (Wildman–Crippen LogP) is 2.90. The smallest absolute Gasteiger partial charge is 0.247 e. The van der Waals surface area contributed by atoms with Crippen LogP contribution >= 0.6 is 0 Å². The SMILES string of the molecule is COc1ccc(CCN2CC(C(=O)c3ccccc3)=CC2=O)cc1OC. The first kappa shape index (κ1) is 17.7. The molecule has 3 rings (SSSR count). The van der Waals surface area contributed by atoms with Crippen LogP contribution in [0.15, 0.2) is 60.2 Å². The largest absolute Gasteiger partial charge is 0.493 e. The topological polar surface area (TPSA) is 55.8 Å². The summed E-state index contributed by atoms with van der Waals surface area (Å²) in [5, 5.41) is 0. The number of Topliss-reactive ketones (excluding diaryl/α,β-unsaturated/α-hetero) is 1. The molecule has 0 fully saturated rings. The normalized spacial score (nSPS) is 13.5. The molecule has 1 heterocycles. The lowest BCUT2D eigenvalue weighted by atomic mass is 10.0. The van der Waals surface area contributed by atoms with Crippen LogP contribution in [0.5, 0.6) is 11.5 Å². The van der Waals surface area contributed by atoms with Crippen molar-refractivity contribution in [2.45, 2.75) is 6.42 Å². The Morgan fingerprint density at radius 2 is 1.77 bits per heavy atom. The first-order chi connectivity index (χ1) is 12.6. The molecule has 0 atom stereocenters. The van der Waals surface area contributed by atoms with Crippen LogP contribution in [0.2, 0.25) is 0 Å². The maximum Gasteiger partial charge on any atom is 0.247 e. The molecular formula is C21H21NO4. The summed E-state index contributed by atoms with van der Waals surface area (Å²) < 4.78 is 10.5. The Bertz CT molecular complexity index is 842. The fourth-order valence-corrected chi connectivity index (χ4v) is 2.97. The van der Waals surface area contributed by atoms with Gasteiger partial charge in [0.25, 0.3) is 0 Å². The Morgan fingerprint density at radius 1 is 1.04 bits per heavy atom. The Balaban J connectivity index is 1.62. The zero-order valence-electron chi connectivity index (χ0n) is 14.9. The van der Waals surface area contributed by atoms with Gasteiger partial charge in [-0.05, 0) is 24.1 Å². The molecule has 1 aliphatic heterocycles. The van der Waals surface area contributed by atoms with E-state index in [1.54, 1.807) is 31.3 Å². The number of ketones is 1. The molecule has 26 heavy (non-hydrogen) atoms. The molecular weight excluding hydrogens is 330 g/mol. The summed E-state index contributed by atoms with van der Waals surface area (Å²) in [6.07, 6.45) is 2.12. The maximum absolute atomic E-state index is 12.5. The van der Waals surface area contributed by atoms with E-state index in [4.69, 9.17) is 9.47 Å². The standard InChI is InChI=1S/C21H21NO4/c1-25-18-9-8-15(12-19(18)26-2)10-11-22-14-17(13-20(22)23)21(24)16-6-4-3-5-7-16/h3-9,12-13H,10-11,14H2,1-2H3. The second kappa shape index (κ2) is 7.87. The van der Waals surface area contributed by atoms with Crippen molar-refractivity contribution >= 4 is 11.7 Å². The zero-order chi connectivity index (χ0) is 18.5. The number of hydrogen-bond donors (Lipinski definition) is 0. The number of carbonyl (C=O) groups is 2. The molecule has 0 bridgehead atoms. The van der Waals surface area contributed by atoms with Gasteiger partial charge in [0.2, 0.25) is 5.91 Å². The first-order valence-corrected chi connectivity index (χ1v) is 8.42. The Kier molecular flexibility index (Phi) is 5.37. The van der Waals surface area contributed by atoms with Crippen LogP contribution in [-0.2, 0) is 11.2 Å². The van der Waals surface area contributed by atoms with E-state index in [0.717, 1.165) is 5.56 Å². The lowest BCUT2D eigenvalue weighted by Crippen LogP contribution is -2.29. The molecule has 134 valence electrons. The average molecular weight is 351 g/mol. The molecule has 1 amide bonds. The number of methoxy groups -OCH3 is 2. The van der Waals surface area contributed by atoms with E-state index in [1.165, 1.54) is 6.08 Å². The van der Waals surface area contributed by atoms with Crippen molar-refractivity contribution in [1.29, 1.82) is 0 Å². The summed E-state index contributed by atoms with van der Waals surface area (Å²) in [5.74, 6) is 1.12. The van der Waals surface area contributed by atoms with Gasteiger partial charge in [0.05, 0.1) is 20.8 Å². The van der Waals surface area contributed by atoms with Gasteiger partial charge in [-0.2, -0.15) is 0 Å². The molecule has 0 saturated carbocycles. The molecule has 0 unspecified atom stereocenters. The highest BCUT2D eigenvalue weighted by Crippen LogP contribution is 2.28. The van der Waals surface area contributed by atoms with Crippen LogP contribution in [0.3, 0.4) is 0 Å². The summed E-state index contributed by atoms with van der Waals surface area (Å²) in [7, 11) is 3.19. The third kappa shape index (κ3) is 3.77. The lowest BCUT2D eigenvalue weighted by molar-refractivity contribution is -0.124. The van der Waals surface area contributed by atoms with E-state index in [1.807, 2.05) is 36.4 Å². The van der Waals surface area contributed by atoms with Gasteiger partial charge in [-0.3, -0.25) is 9.59 Å².